The van der Waals surface area contributed by atoms with Gasteiger partial charge in [0.15, 0.2) is 0 Å². The normalized spacial score (nSPS) is 14.3. The molecule has 0 bridgehead atoms. The number of carboxylic acids is 2. The Hall–Kier alpha value is -4.27. The molecule has 9 N–H and O–H groups in total. The largest absolute Gasteiger partial charge is 0.481 e. The summed E-state index contributed by atoms with van der Waals surface area (Å²) in [6.45, 7) is 3.42. The van der Waals surface area contributed by atoms with Crippen LogP contribution >= 0.6 is 0 Å². The van der Waals surface area contributed by atoms with Crippen molar-refractivity contribution in [1.29, 1.82) is 0 Å². The van der Waals surface area contributed by atoms with E-state index in [9.17, 15) is 29.1 Å². The SMILES string of the molecule is CC(C)C(N)C(=O)NC(CCC(=O)O)C(=O)NC(Cc1cnc[nH]1)C(=O)NC(Cc1cnc[nH]1)C(=O)O. The lowest BCUT2D eigenvalue weighted by molar-refractivity contribution is -0.142. The van der Waals surface area contributed by atoms with E-state index < -0.39 is 60.2 Å². The molecule has 0 saturated heterocycles. The number of amides is 3. The van der Waals surface area contributed by atoms with Gasteiger partial charge in [0.05, 0.1) is 18.7 Å². The second kappa shape index (κ2) is 13.7. The first kappa shape index (κ1) is 29.0. The average molecular weight is 521 g/mol. The monoisotopic (exact) mass is 520 g/mol. The highest BCUT2D eigenvalue weighted by atomic mass is 16.4. The topological polar surface area (TPSA) is 245 Å². The molecule has 0 fully saturated rings. The highest BCUT2D eigenvalue weighted by Crippen LogP contribution is 2.07. The number of aromatic nitrogens is 4. The molecule has 0 aliphatic carbocycles. The van der Waals surface area contributed by atoms with Crippen molar-refractivity contribution in [1.82, 2.24) is 35.9 Å². The van der Waals surface area contributed by atoms with E-state index in [2.05, 4.69) is 35.9 Å². The maximum Gasteiger partial charge on any atom is 0.326 e. The summed E-state index contributed by atoms with van der Waals surface area (Å²) in [4.78, 5) is 74.8. The van der Waals surface area contributed by atoms with E-state index in [1.165, 1.54) is 25.0 Å². The number of imidazole rings is 2. The molecule has 0 aliphatic heterocycles. The first-order valence-electron chi connectivity index (χ1n) is 11.5. The van der Waals surface area contributed by atoms with Gasteiger partial charge in [-0.05, 0) is 12.3 Å². The molecule has 15 heteroatoms. The first-order chi connectivity index (χ1) is 17.5. The Labute approximate surface area is 212 Å². The van der Waals surface area contributed by atoms with Gasteiger partial charge in [-0.1, -0.05) is 13.8 Å². The van der Waals surface area contributed by atoms with Crippen LogP contribution in [0.15, 0.2) is 25.0 Å². The van der Waals surface area contributed by atoms with Crippen molar-refractivity contribution in [2.24, 2.45) is 11.7 Å². The lowest BCUT2D eigenvalue weighted by Crippen LogP contribution is -2.58. The second-order valence-corrected chi connectivity index (χ2v) is 8.79. The predicted octanol–water partition coefficient (Wildman–Crippen LogP) is -1.69. The fourth-order valence-electron chi connectivity index (χ4n) is 3.29. The second-order valence-electron chi connectivity index (χ2n) is 8.79. The number of carbonyl (C=O) groups is 5. The van der Waals surface area contributed by atoms with Crippen LogP contribution in [0.3, 0.4) is 0 Å². The number of nitrogens with zero attached hydrogens (tertiary/aromatic N) is 2. The number of rotatable bonds is 15. The summed E-state index contributed by atoms with van der Waals surface area (Å²) in [5, 5.41) is 26.0. The zero-order valence-electron chi connectivity index (χ0n) is 20.4. The van der Waals surface area contributed by atoms with E-state index in [1.807, 2.05) is 0 Å². The van der Waals surface area contributed by atoms with Gasteiger partial charge < -0.3 is 41.9 Å². The molecule has 37 heavy (non-hydrogen) atoms. The fraction of sp³-hybridized carbons (Fsp3) is 0.500. The van der Waals surface area contributed by atoms with Crippen molar-refractivity contribution < 1.29 is 34.2 Å². The molecule has 2 aromatic heterocycles. The summed E-state index contributed by atoms with van der Waals surface area (Å²) in [7, 11) is 0. The smallest absolute Gasteiger partial charge is 0.326 e. The molecule has 4 atom stereocenters. The van der Waals surface area contributed by atoms with Crippen molar-refractivity contribution in [2.75, 3.05) is 0 Å². The van der Waals surface area contributed by atoms with Gasteiger partial charge in [0.2, 0.25) is 17.7 Å². The number of aromatic amines is 2. The van der Waals surface area contributed by atoms with Crippen LogP contribution in [-0.2, 0) is 36.8 Å². The van der Waals surface area contributed by atoms with E-state index >= 15 is 0 Å². The van der Waals surface area contributed by atoms with Crippen LogP contribution in [0, 0.1) is 5.92 Å². The summed E-state index contributed by atoms with van der Waals surface area (Å²) < 4.78 is 0. The minimum atomic E-state index is -1.33. The molecule has 2 heterocycles. The minimum absolute atomic E-state index is 0.0843. The summed E-state index contributed by atoms with van der Waals surface area (Å²) >= 11 is 0. The number of carbonyl (C=O) groups excluding carboxylic acids is 3. The third kappa shape index (κ3) is 9.36. The molecule has 4 unspecified atom stereocenters. The molecular weight excluding hydrogens is 488 g/mol. The maximum absolute atomic E-state index is 13.1. The zero-order chi connectivity index (χ0) is 27.5. The Kier molecular flexibility index (Phi) is 10.7. The molecule has 3 amide bonds. The van der Waals surface area contributed by atoms with Crippen molar-refractivity contribution in [3.8, 4) is 0 Å². The number of nitrogens with two attached hydrogens (primary N) is 1. The third-order valence-corrected chi connectivity index (χ3v) is 5.51. The van der Waals surface area contributed by atoms with E-state index in [1.54, 1.807) is 13.8 Å². The Morgan fingerprint density at radius 1 is 0.838 bits per heavy atom. The van der Waals surface area contributed by atoms with E-state index in [4.69, 9.17) is 10.8 Å². The summed E-state index contributed by atoms with van der Waals surface area (Å²) in [6.07, 6.45) is 4.73. The van der Waals surface area contributed by atoms with Gasteiger partial charge in [-0.15, -0.1) is 0 Å². The lowest BCUT2D eigenvalue weighted by atomic mass is 10.0. The van der Waals surface area contributed by atoms with Crippen LogP contribution < -0.4 is 21.7 Å². The molecule has 0 aliphatic rings. The predicted molar refractivity (Wildman–Crippen MR) is 128 cm³/mol. The van der Waals surface area contributed by atoms with Crippen molar-refractivity contribution in [3.63, 3.8) is 0 Å². The fourth-order valence-corrected chi connectivity index (χ4v) is 3.29. The summed E-state index contributed by atoms with van der Waals surface area (Å²) in [6, 6.07) is -4.85. The molecule has 2 rings (SSSR count). The quantitative estimate of drug-likeness (QED) is 0.132. The van der Waals surface area contributed by atoms with Crippen molar-refractivity contribution >= 4 is 29.7 Å². The highest BCUT2D eigenvalue weighted by molar-refractivity contribution is 5.94. The molecule has 0 saturated carbocycles. The maximum atomic E-state index is 13.1. The molecule has 0 radical (unpaired) electrons. The van der Waals surface area contributed by atoms with E-state index in [0.717, 1.165) is 0 Å². The van der Waals surface area contributed by atoms with E-state index in [0.29, 0.717) is 11.4 Å². The summed E-state index contributed by atoms with van der Waals surface area (Å²) in [5.41, 5.74) is 6.78. The number of H-pyrrole nitrogens is 2. The van der Waals surface area contributed by atoms with Crippen LogP contribution in [0.25, 0.3) is 0 Å². The van der Waals surface area contributed by atoms with E-state index in [-0.39, 0.29) is 25.2 Å². The highest BCUT2D eigenvalue weighted by Gasteiger charge is 2.31. The van der Waals surface area contributed by atoms with Crippen LogP contribution in [-0.4, -0.2) is 84.0 Å². The number of hydrogen-bond acceptors (Lipinski definition) is 8. The molecule has 202 valence electrons. The third-order valence-electron chi connectivity index (χ3n) is 5.51. The van der Waals surface area contributed by atoms with Crippen molar-refractivity contribution in [2.45, 2.75) is 63.7 Å². The molecule has 15 nitrogen and oxygen atoms in total. The minimum Gasteiger partial charge on any atom is -0.481 e. The van der Waals surface area contributed by atoms with Gasteiger partial charge >= 0.3 is 11.9 Å². The zero-order valence-corrected chi connectivity index (χ0v) is 20.4. The Bertz CT molecular complexity index is 1060. The van der Waals surface area contributed by atoms with Gasteiger partial charge in [-0.2, -0.15) is 0 Å². The van der Waals surface area contributed by atoms with Crippen molar-refractivity contribution in [3.05, 3.63) is 36.4 Å². The van der Waals surface area contributed by atoms with Crippen LogP contribution in [0.5, 0.6) is 0 Å². The van der Waals surface area contributed by atoms with Gasteiger partial charge in [0.25, 0.3) is 0 Å². The van der Waals surface area contributed by atoms with Gasteiger partial charge in [0, 0.05) is 43.0 Å². The molecule has 2 aromatic rings. The molecular formula is C22H32N8O7. The lowest BCUT2D eigenvalue weighted by Gasteiger charge is -2.25. The van der Waals surface area contributed by atoms with Gasteiger partial charge in [0.1, 0.15) is 18.1 Å². The van der Waals surface area contributed by atoms with Crippen LogP contribution in [0.1, 0.15) is 38.1 Å². The van der Waals surface area contributed by atoms with Gasteiger partial charge in [-0.25, -0.2) is 14.8 Å². The Morgan fingerprint density at radius 2 is 1.32 bits per heavy atom. The Balaban J connectivity index is 2.21. The standard InChI is InChI=1S/C22H32N8O7/c1-11(2)18(23)21(35)28-14(3-4-17(31)32)19(33)29-15(5-12-7-24-9-26-12)20(34)30-16(22(36)37)6-13-8-25-10-27-13/h7-11,14-16,18H,3-6,23H2,1-2H3,(H,24,26)(H,25,27)(H,28,35)(H,29,33)(H,30,34)(H,31,32)(H,36,37). The molecule has 0 spiro atoms. The van der Waals surface area contributed by atoms with Gasteiger partial charge in [-0.3, -0.25) is 19.2 Å². The number of nitrogens with one attached hydrogen (secondary N) is 5. The number of carboxylic acid groups (broad SMARTS) is 2. The van der Waals surface area contributed by atoms with Crippen LogP contribution in [0.2, 0.25) is 0 Å². The molecule has 0 aromatic carbocycles. The number of aliphatic carboxylic acids is 2. The average Bonchev–Trinajstić information content (AvgIpc) is 3.54. The number of hydrogen-bond donors (Lipinski definition) is 8. The van der Waals surface area contributed by atoms with Crippen LogP contribution in [0.4, 0.5) is 0 Å². The first-order valence-corrected chi connectivity index (χ1v) is 11.5. The Morgan fingerprint density at radius 3 is 1.78 bits per heavy atom. The summed E-state index contributed by atoms with van der Waals surface area (Å²) in [5.74, 6) is -5.02.